The normalized spacial score (nSPS) is 23.8. The number of amides is 2. The van der Waals surface area contributed by atoms with Crippen LogP contribution in [-0.4, -0.2) is 57.6 Å². The van der Waals surface area contributed by atoms with E-state index >= 15 is 0 Å². The van der Waals surface area contributed by atoms with Crippen molar-refractivity contribution in [3.63, 3.8) is 0 Å². The maximum absolute atomic E-state index is 12.0. The highest BCUT2D eigenvalue weighted by Gasteiger charge is 2.44. The van der Waals surface area contributed by atoms with Crippen LogP contribution in [0.15, 0.2) is 30.3 Å². The number of carbonyl (C=O) groups excluding carboxylic acids is 1. The van der Waals surface area contributed by atoms with Crippen molar-refractivity contribution in [3.05, 3.63) is 35.9 Å². The van der Waals surface area contributed by atoms with E-state index in [-0.39, 0.29) is 6.54 Å². The fourth-order valence-corrected chi connectivity index (χ4v) is 2.85. The molecule has 1 aliphatic rings. The Labute approximate surface area is 141 Å². The van der Waals surface area contributed by atoms with Crippen molar-refractivity contribution in [3.8, 4) is 0 Å². The maximum atomic E-state index is 12.0. The minimum Gasteiger partial charge on any atom is -0.465 e. The van der Waals surface area contributed by atoms with Gasteiger partial charge in [0, 0.05) is 0 Å². The van der Waals surface area contributed by atoms with Gasteiger partial charge >= 0.3 is 12.2 Å². The van der Waals surface area contributed by atoms with Crippen LogP contribution in [0.5, 0.6) is 0 Å². The minimum atomic E-state index is -1.12. The number of likely N-dealkylation sites (tertiary alicyclic amines) is 1. The van der Waals surface area contributed by atoms with Crippen LogP contribution in [0, 0.1) is 0 Å². The second-order valence-electron chi connectivity index (χ2n) is 6.93. The molecule has 3 N–H and O–H groups in total. The van der Waals surface area contributed by atoms with Crippen LogP contribution in [0.4, 0.5) is 9.59 Å². The smallest absolute Gasteiger partial charge is 0.408 e. The van der Waals surface area contributed by atoms with E-state index in [1.165, 1.54) is 4.90 Å². The average molecular weight is 336 g/mol. The van der Waals surface area contributed by atoms with E-state index < -0.39 is 36.0 Å². The fraction of sp³-hybridized carbons (Fsp3) is 0.529. The van der Waals surface area contributed by atoms with Crippen molar-refractivity contribution in [2.24, 2.45) is 0 Å². The number of benzene rings is 1. The minimum absolute atomic E-state index is 0.0483. The lowest BCUT2D eigenvalue weighted by Crippen LogP contribution is -2.51. The predicted molar refractivity (Wildman–Crippen MR) is 87.8 cm³/mol. The number of carbonyl (C=O) groups is 2. The third kappa shape index (κ3) is 4.61. The molecule has 7 heteroatoms. The first-order chi connectivity index (χ1) is 11.2. The molecule has 2 rings (SSSR count). The Hall–Kier alpha value is -2.28. The number of alkyl carbamates (subject to hydrolysis) is 1. The summed E-state index contributed by atoms with van der Waals surface area (Å²) < 4.78 is 5.22. The molecule has 0 aromatic heterocycles. The summed E-state index contributed by atoms with van der Waals surface area (Å²) in [4.78, 5) is 24.7. The predicted octanol–water partition coefficient (Wildman–Crippen LogP) is 1.85. The van der Waals surface area contributed by atoms with Gasteiger partial charge in [-0.3, -0.25) is 0 Å². The van der Waals surface area contributed by atoms with Gasteiger partial charge in [0.2, 0.25) is 0 Å². The van der Waals surface area contributed by atoms with Gasteiger partial charge in [-0.25, -0.2) is 9.59 Å². The van der Waals surface area contributed by atoms with Crippen molar-refractivity contribution < 1.29 is 24.5 Å². The third-order valence-electron chi connectivity index (χ3n) is 3.83. The number of aliphatic hydroxyl groups excluding tert-OH is 1. The summed E-state index contributed by atoms with van der Waals surface area (Å²) in [5.41, 5.74) is 0.258. The summed E-state index contributed by atoms with van der Waals surface area (Å²) in [6, 6.07) is 8.08. The van der Waals surface area contributed by atoms with Crippen LogP contribution in [0.1, 0.15) is 26.3 Å². The summed E-state index contributed by atoms with van der Waals surface area (Å²) in [5, 5.41) is 22.2. The number of carboxylic acid groups (broad SMARTS) is 1. The zero-order valence-electron chi connectivity index (χ0n) is 14.1. The largest absolute Gasteiger partial charge is 0.465 e. The number of aliphatic hydroxyl groups is 1. The second kappa shape index (κ2) is 7.09. The van der Waals surface area contributed by atoms with Crippen molar-refractivity contribution in [1.82, 2.24) is 10.2 Å². The van der Waals surface area contributed by atoms with E-state index in [1.54, 1.807) is 20.8 Å². The molecule has 2 amide bonds. The average Bonchev–Trinajstić information content (AvgIpc) is 2.75. The maximum Gasteiger partial charge on any atom is 0.408 e. The molecular weight excluding hydrogens is 312 g/mol. The number of rotatable bonds is 3. The summed E-state index contributed by atoms with van der Waals surface area (Å²) in [5.74, 6) is 0. The molecule has 0 aliphatic carbocycles. The third-order valence-corrected chi connectivity index (χ3v) is 3.83. The highest BCUT2D eigenvalue weighted by atomic mass is 16.6. The van der Waals surface area contributed by atoms with Crippen LogP contribution in [-0.2, 0) is 11.2 Å². The first kappa shape index (κ1) is 18.1. The van der Waals surface area contributed by atoms with Crippen LogP contribution in [0.3, 0.4) is 0 Å². The molecule has 0 saturated carbocycles. The van der Waals surface area contributed by atoms with E-state index in [4.69, 9.17) is 4.74 Å². The summed E-state index contributed by atoms with van der Waals surface area (Å²) in [6.07, 6.45) is -2.38. The fourth-order valence-electron chi connectivity index (χ4n) is 2.85. The Morgan fingerprint density at radius 1 is 1.29 bits per heavy atom. The van der Waals surface area contributed by atoms with Gasteiger partial charge < -0.3 is 25.2 Å². The first-order valence-corrected chi connectivity index (χ1v) is 7.88. The number of hydrogen-bond donors (Lipinski definition) is 3. The van der Waals surface area contributed by atoms with Gasteiger partial charge in [-0.15, -0.1) is 0 Å². The second-order valence-corrected chi connectivity index (χ2v) is 6.93. The number of β-amino-alcohol motifs (C(OH)–C–C–N with tert-alkyl or cyclic N) is 1. The molecule has 1 unspecified atom stereocenters. The quantitative estimate of drug-likeness (QED) is 0.782. The Kier molecular flexibility index (Phi) is 5.33. The zero-order valence-corrected chi connectivity index (χ0v) is 14.1. The molecule has 1 heterocycles. The molecule has 0 radical (unpaired) electrons. The van der Waals surface area contributed by atoms with E-state index in [0.717, 1.165) is 5.56 Å². The van der Waals surface area contributed by atoms with Crippen molar-refractivity contribution in [1.29, 1.82) is 0 Å². The molecule has 1 aromatic carbocycles. The molecule has 1 fully saturated rings. The van der Waals surface area contributed by atoms with E-state index in [1.807, 2.05) is 30.3 Å². The molecule has 0 bridgehead atoms. The van der Waals surface area contributed by atoms with Gasteiger partial charge in [-0.05, 0) is 32.8 Å². The molecule has 1 aliphatic heterocycles. The summed E-state index contributed by atoms with van der Waals surface area (Å²) >= 11 is 0. The Balaban J connectivity index is 2.16. The molecule has 1 saturated heterocycles. The van der Waals surface area contributed by atoms with Gasteiger partial charge in [-0.2, -0.15) is 0 Å². The van der Waals surface area contributed by atoms with E-state index in [0.29, 0.717) is 6.42 Å². The lowest BCUT2D eigenvalue weighted by molar-refractivity contribution is 0.0443. The van der Waals surface area contributed by atoms with Gasteiger partial charge in [-0.1, -0.05) is 30.3 Å². The lowest BCUT2D eigenvalue weighted by atomic mass is 9.99. The Bertz CT molecular complexity index is 584. The molecule has 1 aromatic rings. The van der Waals surface area contributed by atoms with Crippen LogP contribution < -0.4 is 5.32 Å². The number of nitrogens with zero attached hydrogens (tertiary/aromatic N) is 1. The Morgan fingerprint density at radius 3 is 2.46 bits per heavy atom. The number of hydrogen-bond acceptors (Lipinski definition) is 4. The molecular formula is C17H24N2O5. The van der Waals surface area contributed by atoms with Crippen molar-refractivity contribution >= 4 is 12.2 Å². The molecule has 0 spiro atoms. The molecule has 7 nitrogen and oxygen atoms in total. The van der Waals surface area contributed by atoms with Gasteiger partial charge in [0.1, 0.15) is 5.60 Å². The monoisotopic (exact) mass is 336 g/mol. The molecule has 3 atom stereocenters. The van der Waals surface area contributed by atoms with E-state index in [9.17, 15) is 19.8 Å². The lowest BCUT2D eigenvalue weighted by Gasteiger charge is -2.28. The van der Waals surface area contributed by atoms with E-state index in [2.05, 4.69) is 5.32 Å². The highest BCUT2D eigenvalue weighted by Crippen LogP contribution is 2.23. The summed E-state index contributed by atoms with van der Waals surface area (Å²) in [6.45, 7) is 5.17. The molecule has 24 heavy (non-hydrogen) atoms. The number of ether oxygens (including phenoxy) is 1. The number of nitrogens with one attached hydrogen (secondary N) is 1. The van der Waals surface area contributed by atoms with Crippen molar-refractivity contribution in [2.45, 2.75) is 51.0 Å². The van der Waals surface area contributed by atoms with Gasteiger partial charge in [0.05, 0.1) is 24.7 Å². The Morgan fingerprint density at radius 2 is 1.92 bits per heavy atom. The van der Waals surface area contributed by atoms with Crippen LogP contribution in [0.25, 0.3) is 0 Å². The highest BCUT2D eigenvalue weighted by molar-refractivity contribution is 5.70. The first-order valence-electron chi connectivity index (χ1n) is 7.88. The van der Waals surface area contributed by atoms with Crippen LogP contribution >= 0.6 is 0 Å². The SMILES string of the molecule is CC(C)(C)OC(=O)N[C@H]1C(Cc2ccccc2)N(C(=O)O)C[C@@H]1O. The summed E-state index contributed by atoms with van der Waals surface area (Å²) in [7, 11) is 0. The standard InChI is InChI=1S/C17H24N2O5/c1-17(2,3)24-15(21)18-14-12(9-11-7-5-4-6-8-11)19(16(22)23)10-13(14)20/h4-8,12-14,20H,9-10H2,1-3H3,(H,18,21)(H,22,23)/t12?,13-,14-/m0/s1. The molecule has 132 valence electrons. The zero-order chi connectivity index (χ0) is 17.9. The topological polar surface area (TPSA) is 99.1 Å². The van der Waals surface area contributed by atoms with Crippen LogP contribution in [0.2, 0.25) is 0 Å². The van der Waals surface area contributed by atoms with Gasteiger partial charge in [0.15, 0.2) is 0 Å². The van der Waals surface area contributed by atoms with Crippen molar-refractivity contribution in [2.75, 3.05) is 6.54 Å². The van der Waals surface area contributed by atoms with Gasteiger partial charge in [0.25, 0.3) is 0 Å².